The van der Waals surface area contributed by atoms with E-state index in [4.69, 9.17) is 4.98 Å². The second kappa shape index (κ2) is 9.29. The number of benzene rings is 4. The van der Waals surface area contributed by atoms with Gasteiger partial charge in [0.2, 0.25) is 0 Å². The maximum Gasteiger partial charge on any atom is 0.416 e. The highest BCUT2D eigenvalue weighted by Gasteiger charge is 2.30. The van der Waals surface area contributed by atoms with E-state index in [9.17, 15) is 13.2 Å². The Morgan fingerprint density at radius 2 is 1.33 bits per heavy atom. The quantitative estimate of drug-likeness (QED) is 0.217. The van der Waals surface area contributed by atoms with Crippen LogP contribution >= 0.6 is 23.1 Å². The number of aromatic nitrogens is 1. The summed E-state index contributed by atoms with van der Waals surface area (Å²) in [6.45, 7) is 0. The molecule has 0 amide bonds. The van der Waals surface area contributed by atoms with Crippen molar-refractivity contribution in [2.75, 3.05) is 4.90 Å². The average molecular weight is 553 g/mol. The van der Waals surface area contributed by atoms with E-state index in [0.29, 0.717) is 11.3 Å². The first kappa shape index (κ1) is 24.0. The Morgan fingerprint density at radius 1 is 0.667 bits per heavy atom. The molecular formula is C32H19F3N2S2. The Labute approximate surface area is 231 Å². The van der Waals surface area contributed by atoms with E-state index in [1.165, 1.54) is 12.1 Å². The zero-order valence-electron chi connectivity index (χ0n) is 20.3. The number of alkyl halides is 3. The van der Waals surface area contributed by atoms with E-state index in [1.807, 2.05) is 47.8 Å². The third-order valence-electron chi connectivity index (χ3n) is 6.79. The zero-order valence-corrected chi connectivity index (χ0v) is 21.9. The van der Waals surface area contributed by atoms with E-state index in [2.05, 4.69) is 47.4 Å². The Morgan fingerprint density at radius 3 is 1.97 bits per heavy atom. The second-order valence-corrected chi connectivity index (χ2v) is 11.2. The van der Waals surface area contributed by atoms with Gasteiger partial charge in [-0.3, -0.25) is 0 Å². The van der Waals surface area contributed by atoms with Crippen LogP contribution in [0.4, 0.5) is 30.2 Å². The van der Waals surface area contributed by atoms with Gasteiger partial charge in [-0.25, -0.2) is 4.98 Å². The van der Waals surface area contributed by atoms with Gasteiger partial charge in [-0.1, -0.05) is 66.4 Å². The largest absolute Gasteiger partial charge is 0.416 e. The molecule has 0 fully saturated rings. The van der Waals surface area contributed by atoms with Crippen molar-refractivity contribution in [3.63, 3.8) is 0 Å². The van der Waals surface area contributed by atoms with Gasteiger partial charge in [-0.15, -0.1) is 11.3 Å². The maximum absolute atomic E-state index is 13.3. The van der Waals surface area contributed by atoms with Gasteiger partial charge in [0, 0.05) is 31.2 Å². The van der Waals surface area contributed by atoms with Gasteiger partial charge in [0.1, 0.15) is 0 Å². The summed E-state index contributed by atoms with van der Waals surface area (Å²) in [7, 11) is 0. The lowest BCUT2D eigenvalue weighted by molar-refractivity contribution is -0.137. The van der Waals surface area contributed by atoms with Gasteiger partial charge in [0.05, 0.1) is 33.8 Å². The van der Waals surface area contributed by atoms with Crippen molar-refractivity contribution >= 4 is 51.1 Å². The summed E-state index contributed by atoms with van der Waals surface area (Å²) in [4.78, 5) is 10.7. The van der Waals surface area contributed by atoms with Gasteiger partial charge in [-0.05, 0) is 60.0 Å². The number of thiophene rings is 1. The van der Waals surface area contributed by atoms with Gasteiger partial charge in [0.15, 0.2) is 0 Å². The molecule has 0 aliphatic carbocycles. The van der Waals surface area contributed by atoms with Crippen LogP contribution in [0, 0.1) is 0 Å². The Hall–Kier alpha value is -4.07. The number of hydrogen-bond donors (Lipinski definition) is 0. The molecular weight excluding hydrogens is 533 g/mol. The SMILES string of the molecule is FC(F)(F)c1ccc(-c2cc(-c3cccs3)c3cccc(N4c5ccccc5Sc5ccccc54)c3n2)cc1. The maximum atomic E-state index is 13.3. The normalized spacial score (nSPS) is 12.8. The van der Waals surface area contributed by atoms with Crippen molar-refractivity contribution in [3.05, 3.63) is 120 Å². The standard InChI is InChI=1S/C32H19F3N2S2/c33-32(34,35)21-16-14-20(15-17-21)24-19-23(28-13-6-18-38-28)22-7-5-10-27(31(22)36-24)37-25-8-1-3-11-29(25)39-30-12-4-2-9-26(30)37/h1-19H. The van der Waals surface area contributed by atoms with Crippen LogP contribution in [0.25, 0.3) is 32.6 Å². The van der Waals surface area contributed by atoms with Crippen LogP contribution in [0.3, 0.4) is 0 Å². The van der Waals surface area contributed by atoms with E-state index in [1.54, 1.807) is 23.1 Å². The van der Waals surface area contributed by atoms with E-state index >= 15 is 0 Å². The Balaban J connectivity index is 1.50. The van der Waals surface area contributed by atoms with Crippen molar-refractivity contribution in [1.82, 2.24) is 4.98 Å². The molecule has 7 rings (SSSR count). The minimum atomic E-state index is -4.39. The molecule has 3 heterocycles. The Kier molecular flexibility index (Phi) is 5.72. The number of rotatable bonds is 3. The van der Waals surface area contributed by atoms with Crippen LogP contribution in [-0.2, 0) is 6.18 Å². The first-order valence-corrected chi connectivity index (χ1v) is 14.0. The predicted octanol–water partition coefficient (Wildman–Crippen LogP) is 10.6. The van der Waals surface area contributed by atoms with Gasteiger partial charge >= 0.3 is 6.18 Å². The number of hydrogen-bond acceptors (Lipinski definition) is 4. The summed E-state index contributed by atoms with van der Waals surface area (Å²) in [6.07, 6.45) is -4.39. The zero-order chi connectivity index (χ0) is 26.6. The fourth-order valence-electron chi connectivity index (χ4n) is 4.99. The fraction of sp³-hybridized carbons (Fsp3) is 0.0312. The van der Waals surface area contributed by atoms with Crippen LogP contribution in [-0.4, -0.2) is 4.98 Å². The van der Waals surface area contributed by atoms with Crippen molar-refractivity contribution in [2.45, 2.75) is 16.0 Å². The molecule has 0 bridgehead atoms. The highest BCUT2D eigenvalue weighted by atomic mass is 32.2. The van der Waals surface area contributed by atoms with E-state index in [-0.39, 0.29) is 0 Å². The van der Waals surface area contributed by atoms with Crippen LogP contribution in [0.1, 0.15) is 5.56 Å². The third kappa shape index (κ3) is 4.18. The smallest absolute Gasteiger partial charge is 0.306 e. The minimum absolute atomic E-state index is 0.625. The molecule has 190 valence electrons. The van der Waals surface area contributed by atoms with Gasteiger partial charge < -0.3 is 4.90 Å². The summed E-state index contributed by atoms with van der Waals surface area (Å²) in [5.41, 5.74) is 5.41. The molecule has 0 radical (unpaired) electrons. The second-order valence-electron chi connectivity index (χ2n) is 9.15. The number of fused-ring (bicyclic) bond motifs is 3. The van der Waals surface area contributed by atoms with Crippen molar-refractivity contribution in [3.8, 4) is 21.7 Å². The lowest BCUT2D eigenvalue weighted by Gasteiger charge is -2.33. The van der Waals surface area contributed by atoms with Gasteiger partial charge in [0.25, 0.3) is 0 Å². The Bertz CT molecular complexity index is 1780. The summed E-state index contributed by atoms with van der Waals surface area (Å²) in [5, 5.41) is 3.01. The summed E-state index contributed by atoms with van der Waals surface area (Å²) in [6, 6.07) is 34.0. The predicted molar refractivity (Wildman–Crippen MR) is 154 cm³/mol. The first-order valence-electron chi connectivity index (χ1n) is 12.3. The summed E-state index contributed by atoms with van der Waals surface area (Å²) in [5.74, 6) is 0. The van der Waals surface area contributed by atoms with Crippen LogP contribution in [0.5, 0.6) is 0 Å². The molecule has 1 aliphatic heterocycles. The average Bonchev–Trinajstić information content (AvgIpc) is 3.50. The fourth-order valence-corrected chi connectivity index (χ4v) is 6.81. The van der Waals surface area contributed by atoms with E-state index in [0.717, 1.165) is 60.3 Å². The number of anilines is 3. The molecule has 2 nitrogen and oxygen atoms in total. The molecule has 39 heavy (non-hydrogen) atoms. The summed E-state index contributed by atoms with van der Waals surface area (Å²) >= 11 is 3.36. The van der Waals surface area contributed by atoms with Crippen LogP contribution in [0.2, 0.25) is 0 Å². The molecule has 0 N–H and O–H groups in total. The topological polar surface area (TPSA) is 16.1 Å². The summed E-state index contributed by atoms with van der Waals surface area (Å²) < 4.78 is 39.8. The molecule has 1 aliphatic rings. The number of para-hydroxylation sites is 3. The number of pyridine rings is 1. The first-order chi connectivity index (χ1) is 19.0. The number of halogens is 3. The van der Waals surface area contributed by atoms with Crippen molar-refractivity contribution < 1.29 is 13.2 Å². The van der Waals surface area contributed by atoms with E-state index < -0.39 is 11.7 Å². The molecule has 4 aromatic carbocycles. The molecule has 0 saturated carbocycles. The molecule has 2 aromatic heterocycles. The highest BCUT2D eigenvalue weighted by molar-refractivity contribution is 7.99. The molecule has 0 unspecified atom stereocenters. The van der Waals surface area contributed by atoms with Crippen LogP contribution < -0.4 is 4.90 Å². The highest BCUT2D eigenvalue weighted by Crippen LogP contribution is 2.52. The lowest BCUT2D eigenvalue weighted by atomic mass is 10.0. The number of nitrogens with zero attached hydrogens (tertiary/aromatic N) is 2. The molecule has 0 spiro atoms. The lowest BCUT2D eigenvalue weighted by Crippen LogP contribution is -2.15. The van der Waals surface area contributed by atoms with Crippen LogP contribution in [0.15, 0.2) is 124 Å². The minimum Gasteiger partial charge on any atom is -0.306 e. The monoisotopic (exact) mass is 552 g/mol. The van der Waals surface area contributed by atoms with Crippen molar-refractivity contribution in [2.24, 2.45) is 0 Å². The van der Waals surface area contributed by atoms with Crippen molar-refractivity contribution in [1.29, 1.82) is 0 Å². The third-order valence-corrected chi connectivity index (χ3v) is 8.82. The molecule has 0 atom stereocenters. The molecule has 6 aromatic rings. The molecule has 7 heteroatoms. The molecule has 0 saturated heterocycles. The van der Waals surface area contributed by atoms with Gasteiger partial charge in [-0.2, -0.15) is 13.2 Å².